The zero-order valence-electron chi connectivity index (χ0n) is 9.00. The zero-order chi connectivity index (χ0) is 13.3. The zero-order valence-corrected chi connectivity index (χ0v) is 10.6. The molecule has 0 spiro atoms. The third-order valence-corrected chi connectivity index (χ3v) is 3.31. The van der Waals surface area contributed by atoms with Gasteiger partial charge in [-0.2, -0.15) is 0 Å². The lowest BCUT2D eigenvalue weighted by Crippen LogP contribution is -2.03. The molecule has 0 aliphatic rings. The van der Waals surface area contributed by atoms with Crippen molar-refractivity contribution in [3.8, 4) is 0 Å². The molecule has 18 heavy (non-hydrogen) atoms. The third kappa shape index (κ3) is 2.57. The summed E-state index contributed by atoms with van der Waals surface area (Å²) in [6, 6.07) is 6.81. The summed E-state index contributed by atoms with van der Waals surface area (Å²) >= 11 is 2.99. The van der Waals surface area contributed by atoms with Crippen LogP contribution in [0.25, 0.3) is 0 Å². The molecule has 0 aliphatic carbocycles. The summed E-state index contributed by atoms with van der Waals surface area (Å²) in [5, 5.41) is 10.0. The highest BCUT2D eigenvalue weighted by molar-refractivity contribution is 9.10. The van der Waals surface area contributed by atoms with Gasteiger partial charge in [-0.15, -0.1) is 0 Å². The molecular weight excluding hydrogens is 309 g/mol. The van der Waals surface area contributed by atoms with Crippen molar-refractivity contribution in [2.24, 2.45) is 0 Å². The quantitative estimate of drug-likeness (QED) is 0.889. The highest BCUT2D eigenvalue weighted by Gasteiger charge is 2.17. The van der Waals surface area contributed by atoms with Crippen LogP contribution in [0.2, 0.25) is 0 Å². The van der Waals surface area contributed by atoms with Gasteiger partial charge in [0.2, 0.25) is 0 Å². The number of benzene rings is 2. The largest absolute Gasteiger partial charge is 0.384 e. The van der Waals surface area contributed by atoms with Crippen molar-refractivity contribution in [1.29, 1.82) is 0 Å². The van der Waals surface area contributed by atoms with Gasteiger partial charge in [-0.05, 0) is 39.7 Å². The maximum Gasteiger partial charge on any atom is 0.137 e. The predicted molar refractivity (Wildman–Crippen MR) is 64.5 cm³/mol. The average Bonchev–Trinajstić information content (AvgIpc) is 2.30. The molecule has 0 heterocycles. The van der Waals surface area contributed by atoms with Gasteiger partial charge in [0.15, 0.2) is 0 Å². The van der Waals surface area contributed by atoms with Crippen molar-refractivity contribution in [3.63, 3.8) is 0 Å². The molecular formula is C13H8BrF3O. The Balaban J connectivity index is 2.47. The molecule has 94 valence electrons. The summed E-state index contributed by atoms with van der Waals surface area (Å²) < 4.78 is 39.5. The highest BCUT2D eigenvalue weighted by Crippen LogP contribution is 2.30. The molecule has 0 fully saturated rings. The minimum absolute atomic E-state index is 0.0267. The number of rotatable bonds is 2. The van der Waals surface area contributed by atoms with Crippen molar-refractivity contribution in [2.75, 3.05) is 0 Å². The molecule has 1 N–H and O–H groups in total. The Kier molecular flexibility index (Phi) is 3.73. The van der Waals surface area contributed by atoms with Crippen LogP contribution in [0.3, 0.4) is 0 Å². The summed E-state index contributed by atoms with van der Waals surface area (Å²) in [4.78, 5) is 0. The van der Waals surface area contributed by atoms with Crippen molar-refractivity contribution in [3.05, 3.63) is 69.4 Å². The fourth-order valence-electron chi connectivity index (χ4n) is 1.64. The topological polar surface area (TPSA) is 20.2 Å². The standard InChI is InChI=1S/C13H8BrF3O/c14-12-10(2-1-3-11(12)17)13(18)7-4-8(15)6-9(16)5-7/h1-6,13,18H. The fourth-order valence-corrected chi connectivity index (χ4v) is 2.13. The summed E-state index contributed by atoms with van der Waals surface area (Å²) in [6.07, 6.45) is -1.31. The summed E-state index contributed by atoms with van der Waals surface area (Å²) in [6.45, 7) is 0. The lowest BCUT2D eigenvalue weighted by Gasteiger charge is -2.14. The number of halogens is 4. The van der Waals surface area contributed by atoms with E-state index < -0.39 is 23.6 Å². The second-order valence-corrected chi connectivity index (χ2v) is 4.54. The Hall–Kier alpha value is -1.33. The second-order valence-electron chi connectivity index (χ2n) is 3.75. The molecule has 0 radical (unpaired) electrons. The van der Waals surface area contributed by atoms with Crippen LogP contribution >= 0.6 is 15.9 Å². The molecule has 5 heteroatoms. The van der Waals surface area contributed by atoms with Crippen molar-refractivity contribution in [2.45, 2.75) is 6.10 Å². The molecule has 1 atom stereocenters. The van der Waals surface area contributed by atoms with E-state index in [1.807, 2.05) is 0 Å². The first-order valence-electron chi connectivity index (χ1n) is 5.07. The Morgan fingerprint density at radius 3 is 2.22 bits per heavy atom. The molecule has 0 bridgehead atoms. The lowest BCUT2D eigenvalue weighted by molar-refractivity contribution is 0.218. The third-order valence-electron chi connectivity index (χ3n) is 2.48. The first-order chi connectivity index (χ1) is 8.49. The van der Waals surface area contributed by atoms with Crippen molar-refractivity contribution in [1.82, 2.24) is 0 Å². The van der Waals surface area contributed by atoms with E-state index in [2.05, 4.69) is 15.9 Å². The van der Waals surface area contributed by atoms with E-state index in [1.54, 1.807) is 0 Å². The smallest absolute Gasteiger partial charge is 0.137 e. The maximum absolute atomic E-state index is 13.3. The molecule has 0 saturated carbocycles. The van der Waals surface area contributed by atoms with Gasteiger partial charge in [0.25, 0.3) is 0 Å². The van der Waals surface area contributed by atoms with Crippen LogP contribution < -0.4 is 0 Å². The van der Waals surface area contributed by atoms with Gasteiger partial charge in [0, 0.05) is 11.6 Å². The number of aliphatic hydroxyl groups excluding tert-OH is 1. The van der Waals surface area contributed by atoms with Crippen LogP contribution in [0.1, 0.15) is 17.2 Å². The normalized spacial score (nSPS) is 12.5. The van der Waals surface area contributed by atoms with Gasteiger partial charge in [-0.3, -0.25) is 0 Å². The predicted octanol–water partition coefficient (Wildman–Crippen LogP) is 3.95. The summed E-state index contributed by atoms with van der Waals surface area (Å²) in [7, 11) is 0. The monoisotopic (exact) mass is 316 g/mol. The Labute approximate surface area is 110 Å². The number of hydrogen-bond acceptors (Lipinski definition) is 1. The molecule has 2 rings (SSSR count). The van der Waals surface area contributed by atoms with Crippen LogP contribution in [0.5, 0.6) is 0 Å². The molecule has 1 unspecified atom stereocenters. The Morgan fingerprint density at radius 2 is 1.61 bits per heavy atom. The SMILES string of the molecule is OC(c1cc(F)cc(F)c1)c1cccc(F)c1Br. The number of aliphatic hydroxyl groups is 1. The van der Waals surface area contributed by atoms with Crippen LogP contribution in [-0.2, 0) is 0 Å². The van der Waals surface area contributed by atoms with E-state index in [1.165, 1.54) is 18.2 Å². The molecule has 0 aromatic heterocycles. The van der Waals surface area contributed by atoms with Gasteiger partial charge in [-0.1, -0.05) is 12.1 Å². The molecule has 0 aliphatic heterocycles. The van der Waals surface area contributed by atoms with E-state index in [-0.39, 0.29) is 15.6 Å². The van der Waals surface area contributed by atoms with Gasteiger partial charge < -0.3 is 5.11 Å². The van der Waals surface area contributed by atoms with Crippen LogP contribution in [-0.4, -0.2) is 5.11 Å². The summed E-state index contributed by atoms with van der Waals surface area (Å²) in [5.74, 6) is -2.14. The first-order valence-corrected chi connectivity index (χ1v) is 5.86. The van der Waals surface area contributed by atoms with Gasteiger partial charge in [0.1, 0.15) is 23.6 Å². The van der Waals surface area contributed by atoms with Crippen LogP contribution in [0.4, 0.5) is 13.2 Å². The van der Waals surface area contributed by atoms with Gasteiger partial charge in [-0.25, -0.2) is 13.2 Å². The molecule has 0 saturated heterocycles. The van der Waals surface area contributed by atoms with Crippen LogP contribution in [0.15, 0.2) is 40.9 Å². The Bertz CT molecular complexity index is 566. The number of hydrogen-bond donors (Lipinski definition) is 1. The second kappa shape index (κ2) is 5.12. The van der Waals surface area contributed by atoms with E-state index in [0.29, 0.717) is 6.07 Å². The summed E-state index contributed by atoms with van der Waals surface area (Å²) in [5.41, 5.74) is 0.235. The van der Waals surface area contributed by atoms with E-state index in [9.17, 15) is 18.3 Å². The van der Waals surface area contributed by atoms with Crippen molar-refractivity contribution < 1.29 is 18.3 Å². The minimum Gasteiger partial charge on any atom is -0.384 e. The van der Waals surface area contributed by atoms with E-state index >= 15 is 0 Å². The molecule has 0 amide bonds. The fraction of sp³-hybridized carbons (Fsp3) is 0.0769. The molecule has 2 aromatic rings. The highest BCUT2D eigenvalue weighted by atomic mass is 79.9. The van der Waals surface area contributed by atoms with Gasteiger partial charge >= 0.3 is 0 Å². The van der Waals surface area contributed by atoms with Crippen LogP contribution in [0, 0.1) is 17.5 Å². The molecule has 1 nitrogen and oxygen atoms in total. The minimum atomic E-state index is -1.31. The Morgan fingerprint density at radius 1 is 1.00 bits per heavy atom. The van der Waals surface area contributed by atoms with Gasteiger partial charge in [0.05, 0.1) is 4.47 Å². The molecule has 2 aromatic carbocycles. The van der Waals surface area contributed by atoms with E-state index in [4.69, 9.17) is 0 Å². The maximum atomic E-state index is 13.3. The lowest BCUT2D eigenvalue weighted by atomic mass is 10.0. The first kappa shape index (κ1) is 13.1. The average molecular weight is 317 g/mol. The van der Waals surface area contributed by atoms with E-state index in [0.717, 1.165) is 12.1 Å². The van der Waals surface area contributed by atoms with Crippen molar-refractivity contribution >= 4 is 15.9 Å².